The minimum atomic E-state index is -4.44. The summed E-state index contributed by atoms with van der Waals surface area (Å²) in [5.74, 6) is -0.916. The highest BCUT2D eigenvalue weighted by Crippen LogP contribution is 2.37. The van der Waals surface area contributed by atoms with E-state index in [1.54, 1.807) is 20.8 Å². The van der Waals surface area contributed by atoms with Gasteiger partial charge in [-0.3, -0.25) is 0 Å². The quantitative estimate of drug-likeness (QED) is 0.843. The number of ether oxygens (including phenoxy) is 3. The summed E-state index contributed by atoms with van der Waals surface area (Å²) in [7, 11) is 0. The summed E-state index contributed by atoms with van der Waals surface area (Å²) in [5.41, 5.74) is -0.229. The van der Waals surface area contributed by atoms with Crippen molar-refractivity contribution < 1.29 is 32.2 Å². The van der Waals surface area contributed by atoms with Crippen LogP contribution in [0.4, 0.5) is 13.2 Å². The third kappa shape index (κ3) is 3.26. The fourth-order valence-corrected chi connectivity index (χ4v) is 2.78. The van der Waals surface area contributed by atoms with E-state index in [1.165, 1.54) is 12.1 Å². The average molecular weight is 345 g/mol. The third-order valence-electron chi connectivity index (χ3n) is 3.74. The number of rotatable bonds is 3. The lowest BCUT2D eigenvalue weighted by Crippen LogP contribution is -2.46. The van der Waals surface area contributed by atoms with Crippen molar-refractivity contribution in [3.63, 3.8) is 0 Å². The topological polar surface area (TPSA) is 49.3 Å². The predicted molar refractivity (Wildman–Crippen MR) is 78.3 cm³/mol. The standard InChI is InChI=1S/C16H18F3NO4/c1-4-21-14-13-12(22-15(2,3)23-13)11(20-24-14)9-6-5-7-10(8-9)16(17,18)19/h5-8,12-14H,4H2,1-3H3/t12-,13-,14-/m1/s1. The first-order chi connectivity index (χ1) is 11.2. The first kappa shape index (κ1) is 17.2. The van der Waals surface area contributed by atoms with Crippen LogP contribution in [0.25, 0.3) is 0 Å². The molecule has 2 aliphatic heterocycles. The second kappa shape index (κ2) is 6.02. The highest BCUT2D eigenvalue weighted by molar-refractivity contribution is 6.04. The van der Waals surface area contributed by atoms with Gasteiger partial charge in [0, 0.05) is 12.2 Å². The van der Waals surface area contributed by atoms with E-state index in [9.17, 15) is 13.2 Å². The van der Waals surface area contributed by atoms with Gasteiger partial charge in [0.2, 0.25) is 0 Å². The maximum atomic E-state index is 12.9. The normalized spacial score (nSPS) is 28.9. The molecule has 3 atom stereocenters. The Labute approximate surface area is 137 Å². The smallest absolute Gasteiger partial charge is 0.360 e. The van der Waals surface area contributed by atoms with Gasteiger partial charge in [0.05, 0.1) is 5.56 Å². The van der Waals surface area contributed by atoms with Gasteiger partial charge >= 0.3 is 6.18 Å². The van der Waals surface area contributed by atoms with Gasteiger partial charge in [-0.15, -0.1) is 0 Å². The SMILES string of the molecule is CCO[C@@H]1ON=C(c2cccc(C(F)(F)F)c2)[C@H]2OC(C)(C)O[C@@H]12. The Morgan fingerprint density at radius 1 is 1.25 bits per heavy atom. The van der Waals surface area contributed by atoms with E-state index in [4.69, 9.17) is 19.0 Å². The highest BCUT2D eigenvalue weighted by atomic mass is 19.4. The molecule has 0 amide bonds. The Morgan fingerprint density at radius 2 is 2.00 bits per heavy atom. The molecule has 0 radical (unpaired) electrons. The zero-order valence-corrected chi connectivity index (χ0v) is 13.5. The van der Waals surface area contributed by atoms with E-state index in [0.29, 0.717) is 6.61 Å². The van der Waals surface area contributed by atoms with E-state index in [-0.39, 0.29) is 11.3 Å². The summed E-state index contributed by atoms with van der Waals surface area (Å²) in [6.45, 7) is 5.62. The first-order valence-electron chi connectivity index (χ1n) is 7.60. The van der Waals surface area contributed by atoms with Crippen molar-refractivity contribution in [2.24, 2.45) is 5.16 Å². The van der Waals surface area contributed by atoms with Crippen LogP contribution in [0.1, 0.15) is 31.9 Å². The number of benzene rings is 1. The van der Waals surface area contributed by atoms with Crippen molar-refractivity contribution in [3.8, 4) is 0 Å². The molecular formula is C16H18F3NO4. The van der Waals surface area contributed by atoms with Gasteiger partial charge in [-0.25, -0.2) is 0 Å². The second-order valence-corrected chi connectivity index (χ2v) is 6.00. The maximum absolute atomic E-state index is 12.9. The number of hydrogen-bond acceptors (Lipinski definition) is 5. The molecule has 0 spiro atoms. The molecule has 0 N–H and O–H groups in total. The van der Waals surface area contributed by atoms with Gasteiger partial charge in [0.25, 0.3) is 6.29 Å². The first-order valence-corrected chi connectivity index (χ1v) is 7.60. The largest absolute Gasteiger partial charge is 0.416 e. The number of oxime groups is 1. The summed E-state index contributed by atoms with van der Waals surface area (Å²) in [5, 5.41) is 3.95. The highest BCUT2D eigenvalue weighted by Gasteiger charge is 2.52. The van der Waals surface area contributed by atoms with Crippen LogP contribution in [0.2, 0.25) is 0 Å². The summed E-state index contributed by atoms with van der Waals surface area (Å²) < 4.78 is 55.9. The molecule has 1 aromatic rings. The fraction of sp³-hybridized carbons (Fsp3) is 0.562. The second-order valence-electron chi connectivity index (χ2n) is 6.00. The van der Waals surface area contributed by atoms with Crippen molar-refractivity contribution in [3.05, 3.63) is 35.4 Å². The number of nitrogens with zero attached hydrogens (tertiary/aromatic N) is 1. The molecule has 2 aliphatic rings. The number of hydrogen-bond donors (Lipinski definition) is 0. The van der Waals surface area contributed by atoms with Crippen molar-refractivity contribution >= 4 is 5.71 Å². The van der Waals surface area contributed by atoms with E-state index < -0.39 is 36.0 Å². The van der Waals surface area contributed by atoms with Gasteiger partial charge in [-0.1, -0.05) is 17.3 Å². The molecule has 3 rings (SSSR count). The van der Waals surface area contributed by atoms with Crippen LogP contribution < -0.4 is 0 Å². The molecule has 132 valence electrons. The number of halogens is 3. The lowest BCUT2D eigenvalue weighted by Gasteiger charge is -2.29. The summed E-state index contributed by atoms with van der Waals surface area (Å²) in [6.07, 6.45) is -6.49. The summed E-state index contributed by atoms with van der Waals surface area (Å²) in [6, 6.07) is 4.88. The van der Waals surface area contributed by atoms with E-state index in [2.05, 4.69) is 5.16 Å². The molecule has 1 fully saturated rings. The van der Waals surface area contributed by atoms with Gasteiger partial charge in [-0.2, -0.15) is 13.2 Å². The van der Waals surface area contributed by atoms with Gasteiger partial charge in [0.15, 0.2) is 11.9 Å². The Morgan fingerprint density at radius 3 is 2.67 bits per heavy atom. The number of alkyl halides is 3. The molecular weight excluding hydrogens is 327 g/mol. The van der Waals surface area contributed by atoms with Crippen LogP contribution >= 0.6 is 0 Å². The molecule has 0 aliphatic carbocycles. The van der Waals surface area contributed by atoms with Crippen LogP contribution in [0.15, 0.2) is 29.4 Å². The van der Waals surface area contributed by atoms with E-state index in [1.807, 2.05) is 0 Å². The molecule has 1 saturated heterocycles. The number of fused-ring (bicyclic) bond motifs is 1. The van der Waals surface area contributed by atoms with Gasteiger partial charge < -0.3 is 19.0 Å². The van der Waals surface area contributed by atoms with Crippen molar-refractivity contribution in [2.75, 3.05) is 6.61 Å². The Bertz CT molecular complexity index is 644. The molecule has 0 saturated carbocycles. The predicted octanol–water partition coefficient (Wildman–Crippen LogP) is 3.32. The van der Waals surface area contributed by atoms with Crippen molar-refractivity contribution in [1.82, 2.24) is 0 Å². The van der Waals surface area contributed by atoms with E-state index >= 15 is 0 Å². The monoisotopic (exact) mass is 345 g/mol. The maximum Gasteiger partial charge on any atom is 0.416 e. The molecule has 0 aromatic heterocycles. The van der Waals surface area contributed by atoms with Crippen molar-refractivity contribution in [2.45, 2.75) is 51.2 Å². The van der Waals surface area contributed by atoms with Crippen LogP contribution in [-0.4, -0.2) is 36.6 Å². The summed E-state index contributed by atoms with van der Waals surface area (Å²) >= 11 is 0. The van der Waals surface area contributed by atoms with Gasteiger partial charge in [-0.05, 0) is 32.9 Å². The molecule has 1 aromatic carbocycles. The fourth-order valence-electron chi connectivity index (χ4n) is 2.78. The van der Waals surface area contributed by atoms with Crippen LogP contribution in [0.5, 0.6) is 0 Å². The van der Waals surface area contributed by atoms with Crippen LogP contribution in [-0.2, 0) is 25.2 Å². The Balaban J connectivity index is 1.96. The van der Waals surface area contributed by atoms with E-state index in [0.717, 1.165) is 12.1 Å². The minimum Gasteiger partial charge on any atom is -0.360 e. The third-order valence-corrected chi connectivity index (χ3v) is 3.74. The van der Waals surface area contributed by atoms with Crippen LogP contribution in [0, 0.1) is 0 Å². The molecule has 0 unspecified atom stereocenters. The Kier molecular flexibility index (Phi) is 4.31. The van der Waals surface area contributed by atoms with Crippen molar-refractivity contribution in [1.29, 1.82) is 0 Å². The minimum absolute atomic E-state index is 0.257. The zero-order chi connectivity index (χ0) is 17.5. The van der Waals surface area contributed by atoms with Crippen LogP contribution in [0.3, 0.4) is 0 Å². The molecule has 0 bridgehead atoms. The lowest BCUT2D eigenvalue weighted by atomic mass is 9.98. The summed E-state index contributed by atoms with van der Waals surface area (Å²) in [4.78, 5) is 5.30. The zero-order valence-electron chi connectivity index (χ0n) is 13.5. The molecule has 5 nitrogen and oxygen atoms in total. The Hall–Kier alpha value is -1.64. The molecule has 2 heterocycles. The lowest BCUT2D eigenvalue weighted by molar-refractivity contribution is -0.221. The average Bonchev–Trinajstić information content (AvgIpc) is 2.82. The van der Waals surface area contributed by atoms with Gasteiger partial charge in [0.1, 0.15) is 11.8 Å². The molecule has 24 heavy (non-hydrogen) atoms. The molecule has 8 heteroatoms.